The van der Waals surface area contributed by atoms with Gasteiger partial charge < -0.3 is 4.74 Å². The van der Waals surface area contributed by atoms with E-state index in [1.165, 1.54) is 5.56 Å². The Morgan fingerprint density at radius 1 is 1.29 bits per heavy atom. The van der Waals surface area contributed by atoms with E-state index in [1.807, 2.05) is 31.2 Å². The van der Waals surface area contributed by atoms with E-state index in [0.717, 1.165) is 19.6 Å². The Morgan fingerprint density at radius 3 is 2.48 bits per heavy atom. The maximum atomic E-state index is 11.7. The summed E-state index contributed by atoms with van der Waals surface area (Å²) in [5.41, 5.74) is 4.20. The first-order valence-corrected chi connectivity index (χ1v) is 7.47. The predicted molar refractivity (Wildman–Crippen MR) is 80.8 cm³/mol. The van der Waals surface area contributed by atoms with Crippen molar-refractivity contribution in [3.05, 3.63) is 35.4 Å². The number of nitrogens with one attached hydrogen (secondary N) is 1. The summed E-state index contributed by atoms with van der Waals surface area (Å²) in [4.78, 5) is 19.0. The molecule has 5 nitrogen and oxygen atoms in total. The first-order chi connectivity index (χ1) is 10.1. The summed E-state index contributed by atoms with van der Waals surface area (Å²) in [7, 11) is 0. The van der Waals surface area contributed by atoms with Crippen LogP contribution in [0, 0.1) is 0 Å². The van der Waals surface area contributed by atoms with Gasteiger partial charge in [0.15, 0.2) is 0 Å². The monoisotopic (exact) mass is 292 g/mol. The van der Waals surface area contributed by atoms with Crippen molar-refractivity contribution < 1.29 is 14.4 Å². The van der Waals surface area contributed by atoms with Crippen LogP contribution in [0.5, 0.6) is 0 Å². The molecule has 1 amide bonds. The first-order valence-electron chi connectivity index (χ1n) is 7.47. The second kappa shape index (κ2) is 7.54. The molecule has 116 valence electrons. The molecule has 1 aromatic rings. The number of morpholine rings is 1. The molecule has 0 aromatic heterocycles. The van der Waals surface area contributed by atoms with E-state index in [-0.39, 0.29) is 18.1 Å². The van der Waals surface area contributed by atoms with Gasteiger partial charge in [0.1, 0.15) is 0 Å². The van der Waals surface area contributed by atoms with Crippen LogP contribution in [0.4, 0.5) is 0 Å². The number of hydrogen-bond acceptors (Lipinski definition) is 4. The van der Waals surface area contributed by atoms with E-state index >= 15 is 0 Å². The fourth-order valence-electron chi connectivity index (χ4n) is 2.63. The van der Waals surface area contributed by atoms with Gasteiger partial charge in [0.2, 0.25) is 0 Å². The SMILES string of the molecule is CCONC(=O)c1ccc(CN2C[C@H](C)O[C@@H](C)C2)cc1. The Hall–Kier alpha value is -1.43. The standard InChI is InChI=1S/C16H24N2O3/c1-4-20-17-16(19)15-7-5-14(6-8-15)11-18-9-12(2)21-13(3)10-18/h5-8,12-13H,4,9-11H2,1-3H3,(H,17,19)/t12-,13-/m0/s1. The van der Waals surface area contributed by atoms with Crippen molar-refractivity contribution in [1.29, 1.82) is 0 Å². The molecule has 1 aliphatic rings. The molecule has 0 spiro atoms. The van der Waals surface area contributed by atoms with Crippen molar-refractivity contribution in [3.63, 3.8) is 0 Å². The van der Waals surface area contributed by atoms with Gasteiger partial charge in [0, 0.05) is 25.2 Å². The van der Waals surface area contributed by atoms with E-state index in [0.29, 0.717) is 12.2 Å². The Labute approximate surface area is 126 Å². The highest BCUT2D eigenvalue weighted by atomic mass is 16.6. The number of carbonyl (C=O) groups is 1. The Bertz CT molecular complexity index is 451. The first kappa shape index (κ1) is 15.9. The molecule has 21 heavy (non-hydrogen) atoms. The maximum absolute atomic E-state index is 11.7. The third-order valence-electron chi connectivity index (χ3n) is 3.43. The van der Waals surface area contributed by atoms with Crippen LogP contribution in [-0.4, -0.2) is 42.7 Å². The molecule has 1 aromatic carbocycles. The van der Waals surface area contributed by atoms with Crippen molar-refractivity contribution in [2.75, 3.05) is 19.7 Å². The molecule has 0 radical (unpaired) electrons. The Morgan fingerprint density at radius 2 is 1.90 bits per heavy atom. The van der Waals surface area contributed by atoms with Gasteiger partial charge in [-0.2, -0.15) is 0 Å². The van der Waals surface area contributed by atoms with Crippen molar-refractivity contribution in [2.24, 2.45) is 0 Å². The minimum absolute atomic E-state index is 0.211. The molecule has 0 aliphatic carbocycles. The number of hydrogen-bond donors (Lipinski definition) is 1. The van der Waals surface area contributed by atoms with E-state index in [9.17, 15) is 4.79 Å². The molecule has 0 unspecified atom stereocenters. The lowest BCUT2D eigenvalue weighted by molar-refractivity contribution is -0.0704. The number of amides is 1. The minimum Gasteiger partial charge on any atom is -0.373 e. The summed E-state index contributed by atoms with van der Waals surface area (Å²) < 4.78 is 5.73. The Balaban J connectivity index is 1.91. The van der Waals surface area contributed by atoms with Gasteiger partial charge in [0.25, 0.3) is 5.91 Å². The second-order valence-electron chi connectivity index (χ2n) is 5.51. The molecule has 1 heterocycles. The van der Waals surface area contributed by atoms with Crippen LogP contribution >= 0.6 is 0 Å². The molecular formula is C16H24N2O3. The van der Waals surface area contributed by atoms with E-state index in [2.05, 4.69) is 24.2 Å². The normalized spacial score (nSPS) is 23.0. The molecule has 5 heteroatoms. The summed E-state index contributed by atoms with van der Waals surface area (Å²) in [5, 5.41) is 0. The minimum atomic E-state index is -0.211. The van der Waals surface area contributed by atoms with Crippen LogP contribution in [0.25, 0.3) is 0 Å². The summed E-state index contributed by atoms with van der Waals surface area (Å²) in [6.07, 6.45) is 0.537. The smallest absolute Gasteiger partial charge is 0.274 e. The third-order valence-corrected chi connectivity index (χ3v) is 3.43. The average Bonchev–Trinajstić information content (AvgIpc) is 2.44. The molecule has 1 saturated heterocycles. The lowest BCUT2D eigenvalue weighted by Crippen LogP contribution is -2.44. The van der Waals surface area contributed by atoms with Crippen LogP contribution in [0.15, 0.2) is 24.3 Å². The van der Waals surface area contributed by atoms with Gasteiger partial charge in [0.05, 0.1) is 18.8 Å². The molecule has 2 rings (SSSR count). The van der Waals surface area contributed by atoms with Crippen LogP contribution in [0.3, 0.4) is 0 Å². The lowest BCUT2D eigenvalue weighted by atomic mass is 10.1. The van der Waals surface area contributed by atoms with E-state index in [1.54, 1.807) is 0 Å². The Kier molecular flexibility index (Phi) is 5.73. The van der Waals surface area contributed by atoms with Crippen LogP contribution in [-0.2, 0) is 16.1 Å². The number of hydroxylamine groups is 1. The van der Waals surface area contributed by atoms with Crippen molar-refractivity contribution in [2.45, 2.75) is 39.5 Å². The zero-order valence-corrected chi connectivity index (χ0v) is 13.0. The highest BCUT2D eigenvalue weighted by molar-refractivity contribution is 5.93. The largest absolute Gasteiger partial charge is 0.373 e. The zero-order valence-electron chi connectivity index (χ0n) is 13.0. The molecule has 1 aliphatic heterocycles. The van der Waals surface area contributed by atoms with E-state index < -0.39 is 0 Å². The van der Waals surface area contributed by atoms with Gasteiger partial charge in [-0.1, -0.05) is 12.1 Å². The summed E-state index contributed by atoms with van der Waals surface area (Å²) in [6.45, 7) is 9.25. The van der Waals surface area contributed by atoms with Gasteiger partial charge >= 0.3 is 0 Å². The molecule has 0 bridgehead atoms. The average molecular weight is 292 g/mol. The fourth-order valence-corrected chi connectivity index (χ4v) is 2.63. The highest BCUT2D eigenvalue weighted by Gasteiger charge is 2.21. The van der Waals surface area contributed by atoms with Crippen molar-refractivity contribution >= 4 is 5.91 Å². The number of carbonyl (C=O) groups excluding carboxylic acids is 1. The molecule has 1 N–H and O–H groups in total. The highest BCUT2D eigenvalue weighted by Crippen LogP contribution is 2.14. The zero-order chi connectivity index (χ0) is 15.2. The maximum Gasteiger partial charge on any atom is 0.274 e. The lowest BCUT2D eigenvalue weighted by Gasteiger charge is -2.35. The van der Waals surface area contributed by atoms with Crippen LogP contribution in [0.2, 0.25) is 0 Å². The summed E-state index contributed by atoms with van der Waals surface area (Å²) >= 11 is 0. The summed E-state index contributed by atoms with van der Waals surface area (Å²) in [6, 6.07) is 7.64. The topological polar surface area (TPSA) is 50.8 Å². The van der Waals surface area contributed by atoms with Gasteiger partial charge in [-0.3, -0.25) is 14.5 Å². The summed E-state index contributed by atoms with van der Waals surface area (Å²) in [5.74, 6) is -0.211. The van der Waals surface area contributed by atoms with Crippen molar-refractivity contribution in [1.82, 2.24) is 10.4 Å². The number of ether oxygens (including phenoxy) is 1. The predicted octanol–water partition coefficient (Wildman–Crippen LogP) is 1.98. The van der Waals surface area contributed by atoms with Gasteiger partial charge in [-0.25, -0.2) is 5.48 Å². The van der Waals surface area contributed by atoms with Crippen LogP contribution in [0.1, 0.15) is 36.7 Å². The van der Waals surface area contributed by atoms with Crippen LogP contribution < -0.4 is 5.48 Å². The molecule has 1 fully saturated rings. The number of rotatable bonds is 5. The van der Waals surface area contributed by atoms with E-state index in [4.69, 9.17) is 9.57 Å². The molecular weight excluding hydrogens is 268 g/mol. The molecule has 0 saturated carbocycles. The molecule has 2 atom stereocenters. The third kappa shape index (κ3) is 4.81. The number of benzene rings is 1. The van der Waals surface area contributed by atoms with Gasteiger partial charge in [-0.05, 0) is 38.5 Å². The number of nitrogens with zero attached hydrogens (tertiary/aromatic N) is 1. The van der Waals surface area contributed by atoms with Gasteiger partial charge in [-0.15, -0.1) is 0 Å². The fraction of sp³-hybridized carbons (Fsp3) is 0.562. The quantitative estimate of drug-likeness (QED) is 0.843. The second-order valence-corrected chi connectivity index (χ2v) is 5.51. The van der Waals surface area contributed by atoms with Crippen molar-refractivity contribution in [3.8, 4) is 0 Å².